The van der Waals surface area contributed by atoms with E-state index in [-0.39, 0.29) is 5.54 Å². The number of para-hydroxylation sites is 2. The summed E-state index contributed by atoms with van der Waals surface area (Å²) in [6, 6.07) is 8.28. The lowest BCUT2D eigenvalue weighted by molar-refractivity contribution is 0.174. The number of benzene rings is 1. The van der Waals surface area contributed by atoms with Crippen LogP contribution in [0.3, 0.4) is 0 Å². The second-order valence-electron chi connectivity index (χ2n) is 7.95. The molecule has 1 saturated heterocycles. The van der Waals surface area contributed by atoms with Gasteiger partial charge in [-0.3, -0.25) is 4.90 Å². The fraction of sp³-hybridized carbons (Fsp3) is 0.524. The number of piperazine rings is 1. The number of nitrogens with zero attached hydrogens (tertiary/aromatic N) is 4. The number of hydrogen-bond acceptors (Lipinski definition) is 5. The molecule has 1 fully saturated rings. The first-order valence-corrected chi connectivity index (χ1v) is 9.34. The molecular weight excluding hydrogens is 324 g/mol. The van der Waals surface area contributed by atoms with Crippen molar-refractivity contribution in [3.05, 3.63) is 48.0 Å². The lowest BCUT2D eigenvalue weighted by atomic mass is 9.97. The SMILES string of the molecule is COc1ccccc1N1CCN(Cc2cnc(C(C)C)nc2)CC1(C)C. The van der Waals surface area contributed by atoms with E-state index >= 15 is 0 Å². The largest absolute Gasteiger partial charge is 0.495 e. The van der Waals surface area contributed by atoms with Gasteiger partial charge in [0.1, 0.15) is 11.6 Å². The lowest BCUT2D eigenvalue weighted by Crippen LogP contribution is -2.59. The summed E-state index contributed by atoms with van der Waals surface area (Å²) in [5.74, 6) is 2.22. The molecule has 1 aromatic carbocycles. The predicted molar refractivity (Wildman–Crippen MR) is 106 cm³/mol. The summed E-state index contributed by atoms with van der Waals surface area (Å²) < 4.78 is 5.57. The van der Waals surface area contributed by atoms with E-state index in [1.165, 1.54) is 11.3 Å². The average Bonchev–Trinajstić information content (AvgIpc) is 2.61. The van der Waals surface area contributed by atoms with Crippen LogP contribution in [0.2, 0.25) is 0 Å². The fourth-order valence-electron chi connectivity index (χ4n) is 3.69. The van der Waals surface area contributed by atoms with Gasteiger partial charge >= 0.3 is 0 Å². The zero-order chi connectivity index (χ0) is 18.7. The third-order valence-corrected chi connectivity index (χ3v) is 5.00. The van der Waals surface area contributed by atoms with Crippen LogP contribution >= 0.6 is 0 Å². The quantitative estimate of drug-likeness (QED) is 0.819. The molecule has 0 spiro atoms. The Balaban J connectivity index is 1.70. The summed E-state index contributed by atoms with van der Waals surface area (Å²) in [7, 11) is 1.74. The summed E-state index contributed by atoms with van der Waals surface area (Å²) >= 11 is 0. The molecule has 1 aliphatic heterocycles. The fourth-order valence-corrected chi connectivity index (χ4v) is 3.69. The molecular formula is C21H30N4O. The normalized spacial score (nSPS) is 17.5. The van der Waals surface area contributed by atoms with E-state index in [1.54, 1.807) is 7.11 Å². The minimum Gasteiger partial charge on any atom is -0.495 e. The van der Waals surface area contributed by atoms with Gasteiger partial charge in [0, 0.05) is 55.6 Å². The number of methoxy groups -OCH3 is 1. The van der Waals surface area contributed by atoms with Gasteiger partial charge in [-0.25, -0.2) is 9.97 Å². The number of rotatable bonds is 5. The summed E-state index contributed by atoms with van der Waals surface area (Å²) in [5, 5.41) is 0. The van der Waals surface area contributed by atoms with Crippen molar-refractivity contribution in [2.24, 2.45) is 0 Å². The zero-order valence-electron chi connectivity index (χ0n) is 16.6. The maximum Gasteiger partial charge on any atom is 0.142 e. The summed E-state index contributed by atoms with van der Waals surface area (Å²) in [6.07, 6.45) is 3.95. The van der Waals surface area contributed by atoms with Crippen LogP contribution in [0.4, 0.5) is 5.69 Å². The summed E-state index contributed by atoms with van der Waals surface area (Å²) in [5.41, 5.74) is 2.37. The highest BCUT2D eigenvalue weighted by Gasteiger charge is 2.35. The number of aromatic nitrogens is 2. The number of hydrogen-bond donors (Lipinski definition) is 0. The van der Waals surface area contributed by atoms with Crippen molar-refractivity contribution in [3.8, 4) is 5.75 Å². The van der Waals surface area contributed by atoms with E-state index in [0.717, 1.165) is 37.8 Å². The smallest absolute Gasteiger partial charge is 0.142 e. The van der Waals surface area contributed by atoms with Crippen LogP contribution in [0.25, 0.3) is 0 Å². The van der Waals surface area contributed by atoms with Gasteiger partial charge in [0.05, 0.1) is 12.8 Å². The van der Waals surface area contributed by atoms with E-state index in [2.05, 4.69) is 59.6 Å². The minimum absolute atomic E-state index is 0.0195. The molecule has 0 atom stereocenters. The molecule has 26 heavy (non-hydrogen) atoms. The van der Waals surface area contributed by atoms with Gasteiger partial charge in [0.25, 0.3) is 0 Å². The van der Waals surface area contributed by atoms with Crippen LogP contribution in [0.15, 0.2) is 36.7 Å². The van der Waals surface area contributed by atoms with Crippen LogP contribution in [0.1, 0.15) is 45.0 Å². The Kier molecular flexibility index (Phi) is 5.47. The third kappa shape index (κ3) is 3.98. The zero-order valence-corrected chi connectivity index (χ0v) is 16.6. The van der Waals surface area contributed by atoms with E-state index in [4.69, 9.17) is 4.74 Å². The summed E-state index contributed by atoms with van der Waals surface area (Å²) in [4.78, 5) is 13.9. The van der Waals surface area contributed by atoms with Crippen molar-refractivity contribution in [2.75, 3.05) is 31.6 Å². The van der Waals surface area contributed by atoms with Gasteiger partial charge in [0.2, 0.25) is 0 Å². The Morgan fingerprint density at radius 3 is 2.42 bits per heavy atom. The Bertz CT molecular complexity index is 727. The van der Waals surface area contributed by atoms with Gasteiger partial charge in [0.15, 0.2) is 0 Å². The molecule has 0 unspecified atom stereocenters. The third-order valence-electron chi connectivity index (χ3n) is 5.00. The molecule has 1 aliphatic rings. The Morgan fingerprint density at radius 2 is 1.81 bits per heavy atom. The first kappa shape index (κ1) is 18.6. The monoisotopic (exact) mass is 354 g/mol. The van der Waals surface area contributed by atoms with E-state index in [1.807, 2.05) is 24.5 Å². The maximum atomic E-state index is 5.57. The van der Waals surface area contributed by atoms with Crippen LogP contribution < -0.4 is 9.64 Å². The minimum atomic E-state index is 0.0195. The Labute approximate surface area is 157 Å². The molecule has 0 radical (unpaired) electrons. The molecule has 0 aliphatic carbocycles. The molecule has 3 rings (SSSR count). The lowest BCUT2D eigenvalue weighted by Gasteiger charge is -2.48. The van der Waals surface area contributed by atoms with Crippen LogP contribution in [-0.4, -0.2) is 47.2 Å². The number of anilines is 1. The van der Waals surface area contributed by atoms with Crippen molar-refractivity contribution in [1.29, 1.82) is 0 Å². The van der Waals surface area contributed by atoms with E-state index in [0.29, 0.717) is 5.92 Å². The molecule has 5 heteroatoms. The Morgan fingerprint density at radius 1 is 1.12 bits per heavy atom. The molecule has 2 aromatic rings. The van der Waals surface area contributed by atoms with Gasteiger partial charge in [-0.05, 0) is 26.0 Å². The topological polar surface area (TPSA) is 41.5 Å². The second-order valence-corrected chi connectivity index (χ2v) is 7.95. The van der Waals surface area contributed by atoms with Crippen molar-refractivity contribution in [2.45, 2.75) is 45.7 Å². The molecule has 140 valence electrons. The number of ether oxygens (including phenoxy) is 1. The van der Waals surface area contributed by atoms with E-state index in [9.17, 15) is 0 Å². The van der Waals surface area contributed by atoms with Crippen LogP contribution in [0, 0.1) is 0 Å². The van der Waals surface area contributed by atoms with Gasteiger partial charge < -0.3 is 9.64 Å². The molecule has 0 N–H and O–H groups in total. The first-order chi connectivity index (χ1) is 12.4. The maximum absolute atomic E-state index is 5.57. The molecule has 2 heterocycles. The highest BCUT2D eigenvalue weighted by molar-refractivity contribution is 5.60. The van der Waals surface area contributed by atoms with Crippen molar-refractivity contribution in [3.63, 3.8) is 0 Å². The molecule has 0 bridgehead atoms. The highest BCUT2D eigenvalue weighted by atomic mass is 16.5. The highest BCUT2D eigenvalue weighted by Crippen LogP contribution is 2.35. The first-order valence-electron chi connectivity index (χ1n) is 9.34. The van der Waals surface area contributed by atoms with Crippen molar-refractivity contribution < 1.29 is 4.74 Å². The van der Waals surface area contributed by atoms with Crippen LogP contribution in [-0.2, 0) is 6.54 Å². The molecule has 5 nitrogen and oxygen atoms in total. The predicted octanol–water partition coefficient (Wildman–Crippen LogP) is 3.71. The van der Waals surface area contributed by atoms with Gasteiger partial charge in [-0.1, -0.05) is 26.0 Å². The van der Waals surface area contributed by atoms with E-state index < -0.39 is 0 Å². The van der Waals surface area contributed by atoms with Gasteiger partial charge in [-0.2, -0.15) is 0 Å². The molecule has 0 saturated carbocycles. The average molecular weight is 354 g/mol. The molecule has 0 amide bonds. The van der Waals surface area contributed by atoms with Crippen LogP contribution in [0.5, 0.6) is 5.75 Å². The van der Waals surface area contributed by atoms with Crippen molar-refractivity contribution >= 4 is 5.69 Å². The molecule has 1 aromatic heterocycles. The second kappa shape index (κ2) is 7.62. The van der Waals surface area contributed by atoms with Crippen molar-refractivity contribution in [1.82, 2.24) is 14.9 Å². The van der Waals surface area contributed by atoms with Gasteiger partial charge in [-0.15, -0.1) is 0 Å². The standard InChI is InChI=1S/C21H30N4O/c1-16(2)20-22-12-17(13-23-20)14-24-10-11-25(21(3,4)15-24)18-8-6-7-9-19(18)26-5/h6-9,12-13,16H,10-11,14-15H2,1-5H3. The summed E-state index contributed by atoms with van der Waals surface area (Å²) in [6.45, 7) is 12.7. The Hall–Kier alpha value is -2.14.